The molecule has 3 heteroatoms. The van der Waals surface area contributed by atoms with Crippen molar-refractivity contribution in [3.05, 3.63) is 34.9 Å². The molecule has 0 spiro atoms. The van der Waals surface area contributed by atoms with Crippen LogP contribution in [0.25, 0.3) is 0 Å². The summed E-state index contributed by atoms with van der Waals surface area (Å²) >= 11 is 4.34. The smallest absolute Gasteiger partial charge is 0.254 e. The average molecular weight is 263 g/mol. The predicted octanol–water partition coefficient (Wildman–Crippen LogP) is 3.13. The zero-order chi connectivity index (χ0) is 13.3. The van der Waals surface area contributed by atoms with Gasteiger partial charge in [-0.15, -0.1) is 0 Å². The molecule has 98 valence electrons. The highest BCUT2D eigenvalue weighted by atomic mass is 32.1. The van der Waals surface area contributed by atoms with Gasteiger partial charge < -0.3 is 4.90 Å². The number of benzene rings is 1. The van der Waals surface area contributed by atoms with E-state index in [1.54, 1.807) is 0 Å². The summed E-state index contributed by atoms with van der Waals surface area (Å²) in [6, 6.07) is 6.52. The van der Waals surface area contributed by atoms with Gasteiger partial charge in [0.15, 0.2) is 0 Å². The average Bonchev–Trinajstić information content (AvgIpc) is 2.37. The van der Waals surface area contributed by atoms with Crippen molar-refractivity contribution in [3.8, 4) is 0 Å². The normalized spacial score (nSPS) is 16.9. The van der Waals surface area contributed by atoms with E-state index in [1.807, 2.05) is 11.0 Å². The summed E-state index contributed by atoms with van der Waals surface area (Å²) in [6.07, 6.45) is 0.965. The number of fused-ring (bicyclic) bond motifs is 1. The highest BCUT2D eigenvalue weighted by molar-refractivity contribution is 7.80. The van der Waals surface area contributed by atoms with Crippen LogP contribution < -0.4 is 0 Å². The van der Waals surface area contributed by atoms with Crippen LogP contribution >= 0.6 is 12.6 Å². The topological polar surface area (TPSA) is 20.3 Å². The molecule has 1 heterocycles. The van der Waals surface area contributed by atoms with E-state index in [2.05, 4.69) is 45.5 Å². The van der Waals surface area contributed by atoms with Crippen LogP contribution in [0, 0.1) is 0 Å². The van der Waals surface area contributed by atoms with Crippen LogP contribution in [0.2, 0.25) is 0 Å². The van der Waals surface area contributed by atoms with E-state index in [1.165, 1.54) is 11.1 Å². The molecule has 2 rings (SSSR count). The quantitative estimate of drug-likeness (QED) is 0.831. The minimum Gasteiger partial charge on any atom is -0.336 e. The van der Waals surface area contributed by atoms with E-state index < -0.39 is 0 Å². The Morgan fingerprint density at radius 1 is 1.33 bits per heavy atom. The summed E-state index contributed by atoms with van der Waals surface area (Å²) < 4.78 is 0. The highest BCUT2D eigenvalue weighted by Crippen LogP contribution is 2.25. The van der Waals surface area contributed by atoms with Crippen molar-refractivity contribution in [2.24, 2.45) is 0 Å². The molecule has 0 bridgehead atoms. The van der Waals surface area contributed by atoms with E-state index in [-0.39, 0.29) is 11.9 Å². The molecule has 1 atom stereocenters. The fourth-order valence-electron chi connectivity index (χ4n) is 2.43. The van der Waals surface area contributed by atoms with E-state index in [0.717, 1.165) is 24.3 Å². The van der Waals surface area contributed by atoms with Crippen molar-refractivity contribution in [2.75, 3.05) is 12.3 Å². The van der Waals surface area contributed by atoms with Crippen molar-refractivity contribution >= 4 is 18.5 Å². The Morgan fingerprint density at radius 3 is 2.67 bits per heavy atom. The first-order valence-corrected chi connectivity index (χ1v) is 7.22. The first-order valence-electron chi connectivity index (χ1n) is 6.59. The largest absolute Gasteiger partial charge is 0.336 e. The molecule has 2 nitrogen and oxygen atoms in total. The van der Waals surface area contributed by atoms with Crippen LogP contribution in [-0.2, 0) is 6.42 Å². The van der Waals surface area contributed by atoms with Gasteiger partial charge >= 0.3 is 0 Å². The molecule has 0 aromatic heterocycles. The summed E-state index contributed by atoms with van der Waals surface area (Å²) in [6.45, 7) is 7.14. The first-order chi connectivity index (χ1) is 8.54. The lowest BCUT2D eigenvalue weighted by atomic mass is 9.92. The maximum absolute atomic E-state index is 12.3. The third kappa shape index (κ3) is 2.41. The number of hydrogen-bond donors (Lipinski definition) is 1. The van der Waals surface area contributed by atoms with Crippen molar-refractivity contribution in [1.29, 1.82) is 0 Å². The van der Waals surface area contributed by atoms with Crippen LogP contribution in [0.4, 0.5) is 0 Å². The molecule has 0 N–H and O–H groups in total. The van der Waals surface area contributed by atoms with Gasteiger partial charge in [0.1, 0.15) is 0 Å². The summed E-state index contributed by atoms with van der Waals surface area (Å²) in [4.78, 5) is 14.3. The molecular formula is C15H21NOS. The van der Waals surface area contributed by atoms with Gasteiger partial charge in [0.25, 0.3) is 5.91 Å². The van der Waals surface area contributed by atoms with Crippen LogP contribution in [0.3, 0.4) is 0 Å². The van der Waals surface area contributed by atoms with Crippen molar-refractivity contribution in [2.45, 2.75) is 39.2 Å². The van der Waals surface area contributed by atoms with Gasteiger partial charge in [-0.05, 0) is 49.1 Å². The van der Waals surface area contributed by atoms with E-state index >= 15 is 0 Å². The van der Waals surface area contributed by atoms with Crippen LogP contribution in [0.15, 0.2) is 18.2 Å². The van der Waals surface area contributed by atoms with Gasteiger partial charge in [-0.3, -0.25) is 4.79 Å². The second-order valence-corrected chi connectivity index (χ2v) is 5.71. The Bertz CT molecular complexity index is 456. The number of carbonyl (C=O) groups excluding carboxylic acids is 1. The molecule has 18 heavy (non-hydrogen) atoms. The van der Waals surface area contributed by atoms with Gasteiger partial charge in [-0.1, -0.05) is 19.1 Å². The molecule has 0 saturated carbocycles. The molecule has 1 aromatic carbocycles. The third-order valence-corrected chi connectivity index (χ3v) is 4.26. The summed E-state index contributed by atoms with van der Waals surface area (Å²) in [7, 11) is 0. The molecule has 0 fully saturated rings. The number of hydrogen-bond acceptors (Lipinski definition) is 2. The molecule has 1 aliphatic rings. The SMILES string of the molecule is CC(CS)c1ccc2c(c1)CCN(C(C)C)C2=O. The zero-order valence-electron chi connectivity index (χ0n) is 11.3. The predicted molar refractivity (Wildman–Crippen MR) is 78.6 cm³/mol. The third-order valence-electron chi connectivity index (χ3n) is 3.71. The number of carbonyl (C=O) groups is 1. The molecular weight excluding hydrogens is 242 g/mol. The molecule has 1 aliphatic heterocycles. The number of thiol groups is 1. The number of rotatable bonds is 3. The summed E-state index contributed by atoms with van der Waals surface area (Å²) in [5.41, 5.74) is 3.36. The standard InChI is InChI=1S/C15H21NOS/c1-10(2)16-7-6-13-8-12(11(3)9-18)4-5-14(13)15(16)17/h4-5,8,10-11,18H,6-7,9H2,1-3H3. The second-order valence-electron chi connectivity index (χ2n) is 5.34. The lowest BCUT2D eigenvalue weighted by molar-refractivity contribution is 0.0688. The van der Waals surface area contributed by atoms with Gasteiger partial charge in [0.05, 0.1) is 0 Å². The summed E-state index contributed by atoms with van der Waals surface area (Å²) in [5.74, 6) is 1.46. The Hall–Kier alpha value is -0.960. The van der Waals surface area contributed by atoms with Crippen molar-refractivity contribution in [1.82, 2.24) is 4.90 Å². The van der Waals surface area contributed by atoms with E-state index in [0.29, 0.717) is 5.92 Å². The Balaban J connectivity index is 2.32. The van der Waals surface area contributed by atoms with E-state index in [9.17, 15) is 4.79 Å². The van der Waals surface area contributed by atoms with Crippen molar-refractivity contribution < 1.29 is 4.79 Å². The van der Waals surface area contributed by atoms with Crippen molar-refractivity contribution in [3.63, 3.8) is 0 Å². The molecule has 0 radical (unpaired) electrons. The maximum atomic E-state index is 12.3. The van der Waals surface area contributed by atoms with Gasteiger partial charge in [0, 0.05) is 18.2 Å². The van der Waals surface area contributed by atoms with Crippen LogP contribution in [-0.4, -0.2) is 29.1 Å². The highest BCUT2D eigenvalue weighted by Gasteiger charge is 2.26. The zero-order valence-corrected chi connectivity index (χ0v) is 12.2. The second kappa shape index (κ2) is 5.35. The number of nitrogens with zero attached hydrogens (tertiary/aromatic N) is 1. The Morgan fingerprint density at radius 2 is 2.06 bits per heavy atom. The van der Waals surface area contributed by atoms with Gasteiger partial charge in [-0.25, -0.2) is 0 Å². The molecule has 1 unspecified atom stereocenters. The fourth-order valence-corrected chi connectivity index (χ4v) is 2.64. The molecule has 1 amide bonds. The first kappa shape index (κ1) is 13.5. The van der Waals surface area contributed by atoms with Crippen LogP contribution in [0.1, 0.15) is 48.2 Å². The lowest BCUT2D eigenvalue weighted by Gasteiger charge is -2.32. The van der Waals surface area contributed by atoms with E-state index in [4.69, 9.17) is 0 Å². The fraction of sp³-hybridized carbons (Fsp3) is 0.533. The molecule has 1 aromatic rings. The minimum atomic E-state index is 0.177. The Labute approximate surface area is 115 Å². The monoisotopic (exact) mass is 263 g/mol. The van der Waals surface area contributed by atoms with Gasteiger partial charge in [0.2, 0.25) is 0 Å². The lowest BCUT2D eigenvalue weighted by Crippen LogP contribution is -2.42. The maximum Gasteiger partial charge on any atom is 0.254 e. The Kier molecular flexibility index (Phi) is 4.00. The minimum absolute atomic E-state index is 0.177. The molecule has 0 aliphatic carbocycles. The van der Waals surface area contributed by atoms with Crippen LogP contribution in [0.5, 0.6) is 0 Å². The molecule has 0 saturated heterocycles. The number of amides is 1. The summed E-state index contributed by atoms with van der Waals surface area (Å²) in [5, 5.41) is 0. The van der Waals surface area contributed by atoms with Gasteiger partial charge in [-0.2, -0.15) is 12.6 Å².